The summed E-state index contributed by atoms with van der Waals surface area (Å²) in [5.74, 6) is -0.138. The Bertz CT molecular complexity index is 240. The van der Waals surface area contributed by atoms with Crippen molar-refractivity contribution in [2.45, 2.75) is 52.7 Å². The van der Waals surface area contributed by atoms with Gasteiger partial charge in [0, 0.05) is 6.04 Å². The first-order valence-electron chi connectivity index (χ1n) is 5.13. The third kappa shape index (κ3) is 2.08. The quantitative estimate of drug-likeness (QED) is 0.654. The second-order valence-electron chi connectivity index (χ2n) is 5.75. The summed E-state index contributed by atoms with van der Waals surface area (Å²) >= 11 is 0. The number of nitrogens with two attached hydrogens (primary N) is 1. The lowest BCUT2D eigenvalue weighted by Crippen LogP contribution is -2.58. The molecule has 0 radical (unpaired) electrons. The van der Waals surface area contributed by atoms with Crippen molar-refractivity contribution in [1.29, 1.82) is 0 Å². The molecule has 0 bridgehead atoms. The van der Waals surface area contributed by atoms with Crippen LogP contribution in [0.3, 0.4) is 0 Å². The van der Waals surface area contributed by atoms with Crippen LogP contribution in [0.2, 0.25) is 0 Å². The number of hydrogen-bond donors (Lipinski definition) is 1. The topological polar surface area (TPSA) is 52.3 Å². The van der Waals surface area contributed by atoms with Crippen molar-refractivity contribution < 1.29 is 9.53 Å². The summed E-state index contributed by atoms with van der Waals surface area (Å²) in [6.45, 7) is 9.70. The number of carbonyl (C=O) groups excluding carboxylic acids is 1. The van der Waals surface area contributed by atoms with E-state index in [4.69, 9.17) is 10.5 Å². The molecule has 0 saturated heterocycles. The normalized spacial score (nSPS) is 30.7. The molecule has 3 nitrogen and oxygen atoms in total. The molecule has 0 amide bonds. The first-order chi connectivity index (χ1) is 6.14. The molecule has 0 aromatic heterocycles. The first kappa shape index (κ1) is 11.5. The molecule has 1 aliphatic rings. The van der Waals surface area contributed by atoms with Gasteiger partial charge >= 0.3 is 5.97 Å². The van der Waals surface area contributed by atoms with Gasteiger partial charge in [0.05, 0.1) is 5.92 Å². The minimum absolute atomic E-state index is 0.0308. The van der Waals surface area contributed by atoms with E-state index in [1.807, 2.05) is 34.6 Å². The lowest BCUT2D eigenvalue weighted by Gasteiger charge is -2.49. The third-order valence-electron chi connectivity index (χ3n) is 3.03. The van der Waals surface area contributed by atoms with Gasteiger partial charge in [0.15, 0.2) is 0 Å². The summed E-state index contributed by atoms with van der Waals surface area (Å²) in [7, 11) is 0. The van der Waals surface area contributed by atoms with E-state index in [2.05, 4.69) is 0 Å². The van der Waals surface area contributed by atoms with Crippen molar-refractivity contribution in [3.8, 4) is 0 Å². The van der Waals surface area contributed by atoms with E-state index >= 15 is 0 Å². The number of carbonyl (C=O) groups is 1. The van der Waals surface area contributed by atoms with Crippen LogP contribution in [-0.2, 0) is 9.53 Å². The molecule has 2 unspecified atom stereocenters. The maximum Gasteiger partial charge on any atom is 0.310 e. The zero-order chi connectivity index (χ0) is 11.1. The van der Waals surface area contributed by atoms with Gasteiger partial charge < -0.3 is 10.5 Å². The maximum absolute atomic E-state index is 11.7. The van der Waals surface area contributed by atoms with Crippen LogP contribution < -0.4 is 5.73 Å². The lowest BCUT2D eigenvalue weighted by molar-refractivity contribution is -0.172. The molecule has 0 aromatic rings. The first-order valence-corrected chi connectivity index (χ1v) is 5.13. The highest BCUT2D eigenvalue weighted by molar-refractivity contribution is 5.75. The Hall–Kier alpha value is -0.570. The molecule has 2 N–H and O–H groups in total. The highest BCUT2D eigenvalue weighted by atomic mass is 16.6. The molecule has 1 aliphatic carbocycles. The van der Waals surface area contributed by atoms with Gasteiger partial charge in [-0.25, -0.2) is 0 Å². The Balaban J connectivity index is 2.57. The number of ether oxygens (including phenoxy) is 1. The molecular formula is C11H21NO2. The Morgan fingerprint density at radius 3 is 2.21 bits per heavy atom. The van der Waals surface area contributed by atoms with Gasteiger partial charge in [-0.2, -0.15) is 0 Å². The monoisotopic (exact) mass is 199 g/mol. The Morgan fingerprint density at radius 2 is 1.93 bits per heavy atom. The molecule has 0 aromatic carbocycles. The smallest absolute Gasteiger partial charge is 0.310 e. The van der Waals surface area contributed by atoms with E-state index < -0.39 is 5.60 Å². The summed E-state index contributed by atoms with van der Waals surface area (Å²) < 4.78 is 5.33. The van der Waals surface area contributed by atoms with Crippen LogP contribution in [0.5, 0.6) is 0 Å². The van der Waals surface area contributed by atoms with Gasteiger partial charge in [-0.3, -0.25) is 4.79 Å². The molecule has 0 aliphatic heterocycles. The van der Waals surface area contributed by atoms with E-state index in [0.29, 0.717) is 0 Å². The van der Waals surface area contributed by atoms with E-state index in [9.17, 15) is 4.79 Å². The summed E-state index contributed by atoms with van der Waals surface area (Å²) in [5, 5.41) is 0. The number of esters is 1. The van der Waals surface area contributed by atoms with E-state index in [-0.39, 0.29) is 23.3 Å². The van der Waals surface area contributed by atoms with Gasteiger partial charge in [0.1, 0.15) is 5.60 Å². The van der Waals surface area contributed by atoms with E-state index in [1.54, 1.807) is 0 Å². The highest BCUT2D eigenvalue weighted by Crippen LogP contribution is 2.45. The van der Waals surface area contributed by atoms with E-state index in [1.165, 1.54) is 0 Å². The van der Waals surface area contributed by atoms with Gasteiger partial charge in [0.25, 0.3) is 0 Å². The molecule has 0 spiro atoms. The Kier molecular flexibility index (Phi) is 2.65. The molecular weight excluding hydrogens is 178 g/mol. The largest absolute Gasteiger partial charge is 0.460 e. The number of rotatable bonds is 1. The van der Waals surface area contributed by atoms with Crippen molar-refractivity contribution >= 4 is 5.97 Å². The minimum Gasteiger partial charge on any atom is -0.460 e. The number of hydrogen-bond acceptors (Lipinski definition) is 3. The van der Waals surface area contributed by atoms with Gasteiger partial charge in [-0.15, -0.1) is 0 Å². The molecule has 82 valence electrons. The minimum atomic E-state index is -0.396. The van der Waals surface area contributed by atoms with Crippen LogP contribution in [0.15, 0.2) is 0 Å². The van der Waals surface area contributed by atoms with Crippen LogP contribution in [0.25, 0.3) is 0 Å². The van der Waals surface area contributed by atoms with Crippen molar-refractivity contribution in [2.24, 2.45) is 17.1 Å². The predicted octanol–water partition coefficient (Wildman–Crippen LogP) is 1.70. The molecule has 14 heavy (non-hydrogen) atoms. The maximum atomic E-state index is 11.7. The highest BCUT2D eigenvalue weighted by Gasteiger charge is 2.51. The zero-order valence-electron chi connectivity index (χ0n) is 9.76. The molecule has 1 rings (SSSR count). The van der Waals surface area contributed by atoms with Crippen molar-refractivity contribution in [2.75, 3.05) is 0 Å². The fourth-order valence-corrected chi connectivity index (χ4v) is 1.73. The van der Waals surface area contributed by atoms with Gasteiger partial charge in [0.2, 0.25) is 0 Å². The molecule has 2 atom stereocenters. The average molecular weight is 199 g/mol. The van der Waals surface area contributed by atoms with Gasteiger partial charge in [-0.1, -0.05) is 13.8 Å². The van der Waals surface area contributed by atoms with Crippen LogP contribution >= 0.6 is 0 Å². The molecule has 0 heterocycles. The van der Waals surface area contributed by atoms with Crippen LogP contribution in [-0.4, -0.2) is 17.6 Å². The molecule has 3 heteroatoms. The fourth-order valence-electron chi connectivity index (χ4n) is 1.73. The third-order valence-corrected chi connectivity index (χ3v) is 3.03. The second kappa shape index (κ2) is 3.23. The van der Waals surface area contributed by atoms with Gasteiger partial charge in [-0.05, 0) is 32.6 Å². The molecule has 1 saturated carbocycles. The van der Waals surface area contributed by atoms with Crippen LogP contribution in [0, 0.1) is 11.3 Å². The zero-order valence-corrected chi connectivity index (χ0v) is 9.76. The van der Waals surface area contributed by atoms with Crippen molar-refractivity contribution in [3.63, 3.8) is 0 Å². The lowest BCUT2D eigenvalue weighted by atomic mass is 9.59. The fraction of sp³-hybridized carbons (Fsp3) is 0.909. The van der Waals surface area contributed by atoms with E-state index in [0.717, 1.165) is 6.42 Å². The van der Waals surface area contributed by atoms with Crippen LogP contribution in [0.1, 0.15) is 41.0 Å². The Labute approximate surface area is 86.0 Å². The van der Waals surface area contributed by atoms with Crippen LogP contribution in [0.4, 0.5) is 0 Å². The summed E-state index contributed by atoms with van der Waals surface area (Å²) in [6.07, 6.45) is 0.752. The SMILES string of the molecule is CC(C)(C)OC(=O)C1CC(N)C1(C)C. The van der Waals surface area contributed by atoms with Crippen molar-refractivity contribution in [1.82, 2.24) is 0 Å². The summed E-state index contributed by atoms with van der Waals surface area (Å²) in [5.41, 5.74) is 5.34. The second-order valence-corrected chi connectivity index (χ2v) is 5.75. The predicted molar refractivity (Wildman–Crippen MR) is 55.7 cm³/mol. The Morgan fingerprint density at radius 1 is 1.43 bits per heavy atom. The summed E-state index contributed by atoms with van der Waals surface area (Å²) in [4.78, 5) is 11.7. The average Bonchev–Trinajstić information content (AvgIpc) is 1.96. The van der Waals surface area contributed by atoms with Crippen molar-refractivity contribution in [3.05, 3.63) is 0 Å². The standard InChI is InChI=1S/C11H21NO2/c1-10(2,3)14-9(13)7-6-8(12)11(7,4)5/h7-8H,6,12H2,1-5H3. The summed E-state index contributed by atoms with van der Waals surface area (Å²) in [6, 6.07) is 0.125. The molecule has 1 fully saturated rings.